The summed E-state index contributed by atoms with van der Waals surface area (Å²) in [6, 6.07) is 11.6. The van der Waals surface area contributed by atoms with E-state index in [0.717, 1.165) is 0 Å². The lowest BCUT2D eigenvalue weighted by Crippen LogP contribution is -2.62. The molecule has 348 valence electrons. The van der Waals surface area contributed by atoms with E-state index in [9.17, 15) is 70.9 Å². The molecule has 0 amide bonds. The third-order valence-corrected chi connectivity index (χ3v) is 10.5. The van der Waals surface area contributed by atoms with Crippen LogP contribution in [0.5, 0.6) is 11.5 Å². The highest BCUT2D eigenvalue weighted by atomic mass is 16.7. The number of benzene rings is 2. The van der Waals surface area contributed by atoms with E-state index in [2.05, 4.69) is 0 Å². The van der Waals surface area contributed by atoms with Crippen LogP contribution in [0.25, 0.3) is 0 Å². The van der Waals surface area contributed by atoms with E-state index in [-0.39, 0.29) is 24.5 Å². The summed E-state index contributed by atoms with van der Waals surface area (Å²) >= 11 is 0. The van der Waals surface area contributed by atoms with Crippen LogP contribution in [0.2, 0.25) is 0 Å². The minimum Gasteiger partial charge on any atom is -0.462 e. The van der Waals surface area contributed by atoms with Crippen molar-refractivity contribution in [3.05, 3.63) is 59.7 Å². The molecule has 2 aromatic rings. The molecule has 0 spiro atoms. The van der Waals surface area contributed by atoms with E-state index < -0.39 is 148 Å². The predicted octanol–water partition coefficient (Wildman–Crippen LogP) is -4.18. The van der Waals surface area contributed by atoms with E-state index in [1.54, 1.807) is 13.8 Å². The first-order chi connectivity index (χ1) is 29.4. The second-order valence-electron chi connectivity index (χ2n) is 15.7. The number of esters is 2. The Morgan fingerprint density at radius 2 is 0.919 bits per heavy atom. The van der Waals surface area contributed by atoms with Crippen LogP contribution >= 0.6 is 0 Å². The standard InChI is InChI=1S/C40H56O22/c1-18(2)11-40(62-38-35(53)32(50)29(47)25(15-43)61-38,39(54)56-17-20-5-9-22(10-6-20)58-37-34(52)31(49)28(46)24(14-42)60-37)12-26(44)55-16-19-3-7-21(8-4-19)57-36-33(51)30(48)27(45)23(13-41)59-36/h3-10,18,23-25,27-38,41-43,45-53H,11-17H2,1-2H3. The smallest absolute Gasteiger partial charge is 0.339 e. The summed E-state index contributed by atoms with van der Waals surface area (Å²) in [5.74, 6) is -2.22. The molecule has 3 aliphatic rings. The molecule has 12 N–H and O–H groups in total. The number of hydrogen-bond acceptors (Lipinski definition) is 22. The second kappa shape index (κ2) is 21.8. The molecule has 3 fully saturated rings. The zero-order valence-corrected chi connectivity index (χ0v) is 33.8. The van der Waals surface area contributed by atoms with Crippen molar-refractivity contribution in [2.75, 3.05) is 19.8 Å². The fourth-order valence-electron chi connectivity index (χ4n) is 7.07. The van der Waals surface area contributed by atoms with Gasteiger partial charge in [-0.25, -0.2) is 4.79 Å². The van der Waals surface area contributed by atoms with Crippen molar-refractivity contribution in [3.8, 4) is 11.5 Å². The highest BCUT2D eigenvalue weighted by Gasteiger charge is 2.52. The summed E-state index contributed by atoms with van der Waals surface area (Å²) in [5, 5.41) is 121. The summed E-state index contributed by atoms with van der Waals surface area (Å²) in [7, 11) is 0. The van der Waals surface area contributed by atoms with Gasteiger partial charge in [0.1, 0.15) is 98.0 Å². The van der Waals surface area contributed by atoms with Crippen LogP contribution in [0, 0.1) is 5.92 Å². The number of ether oxygens (including phenoxy) is 8. The molecule has 62 heavy (non-hydrogen) atoms. The lowest BCUT2D eigenvalue weighted by molar-refractivity contribution is -0.327. The topological polar surface area (TPSA) is 351 Å². The third-order valence-electron chi connectivity index (χ3n) is 10.5. The first kappa shape index (κ1) is 49.4. The van der Waals surface area contributed by atoms with Crippen molar-refractivity contribution < 1.29 is 109 Å². The quantitative estimate of drug-likeness (QED) is 0.0632. The van der Waals surface area contributed by atoms with E-state index in [1.807, 2.05) is 0 Å². The van der Waals surface area contributed by atoms with Gasteiger partial charge in [0.25, 0.3) is 0 Å². The van der Waals surface area contributed by atoms with Gasteiger partial charge in [0.15, 0.2) is 11.9 Å². The number of carbonyl (C=O) groups is 2. The van der Waals surface area contributed by atoms with Gasteiger partial charge in [-0.2, -0.15) is 0 Å². The van der Waals surface area contributed by atoms with Crippen molar-refractivity contribution in [2.24, 2.45) is 5.92 Å². The summed E-state index contributed by atoms with van der Waals surface area (Å²) in [5.41, 5.74) is -1.45. The molecule has 3 heterocycles. The minimum atomic E-state index is -2.26. The van der Waals surface area contributed by atoms with Crippen LogP contribution in [0.15, 0.2) is 48.5 Å². The van der Waals surface area contributed by atoms with Gasteiger partial charge >= 0.3 is 11.9 Å². The molecule has 0 radical (unpaired) electrons. The number of aliphatic hydroxyl groups excluding tert-OH is 12. The zero-order chi connectivity index (χ0) is 45.5. The predicted molar refractivity (Wildman–Crippen MR) is 203 cm³/mol. The first-order valence-corrected chi connectivity index (χ1v) is 19.8. The Labute approximate surface area is 354 Å². The van der Waals surface area contributed by atoms with Crippen molar-refractivity contribution in [2.45, 2.75) is 138 Å². The third kappa shape index (κ3) is 11.7. The normalized spacial score (nSPS) is 34.9. The Morgan fingerprint density at radius 3 is 1.31 bits per heavy atom. The second-order valence-corrected chi connectivity index (χ2v) is 15.7. The number of carbonyl (C=O) groups excluding carboxylic acids is 2. The van der Waals surface area contributed by atoms with E-state index >= 15 is 0 Å². The van der Waals surface area contributed by atoms with Gasteiger partial charge in [0.05, 0.1) is 26.2 Å². The highest BCUT2D eigenvalue weighted by Crippen LogP contribution is 2.35. The maximum absolute atomic E-state index is 14.2. The molecule has 0 aromatic heterocycles. The molecule has 0 aliphatic carbocycles. The van der Waals surface area contributed by atoms with Crippen LogP contribution in [-0.2, 0) is 51.2 Å². The number of rotatable bonds is 18. The Bertz CT molecular complexity index is 1710. The van der Waals surface area contributed by atoms with Gasteiger partial charge in [-0.05, 0) is 47.7 Å². The maximum Gasteiger partial charge on any atom is 0.339 e. The van der Waals surface area contributed by atoms with Crippen molar-refractivity contribution in [1.29, 1.82) is 0 Å². The minimum absolute atomic E-state index is 0.128. The maximum atomic E-state index is 14.2. The molecular weight excluding hydrogens is 832 g/mol. The first-order valence-electron chi connectivity index (χ1n) is 19.8. The monoisotopic (exact) mass is 888 g/mol. The number of hydrogen-bond donors (Lipinski definition) is 12. The van der Waals surface area contributed by atoms with Gasteiger partial charge in [-0.15, -0.1) is 0 Å². The van der Waals surface area contributed by atoms with Crippen LogP contribution in [0.4, 0.5) is 0 Å². The Balaban J connectivity index is 1.28. The Kier molecular flexibility index (Phi) is 17.4. The van der Waals surface area contributed by atoms with Crippen LogP contribution in [0.3, 0.4) is 0 Å². The van der Waals surface area contributed by atoms with Gasteiger partial charge in [-0.1, -0.05) is 38.1 Å². The lowest BCUT2D eigenvalue weighted by Gasteiger charge is -2.43. The Morgan fingerprint density at radius 1 is 0.548 bits per heavy atom. The highest BCUT2D eigenvalue weighted by molar-refractivity contribution is 5.86. The lowest BCUT2D eigenvalue weighted by atomic mass is 9.88. The van der Waals surface area contributed by atoms with Crippen LogP contribution in [0.1, 0.15) is 37.8 Å². The molecule has 22 nitrogen and oxygen atoms in total. The van der Waals surface area contributed by atoms with Crippen molar-refractivity contribution in [1.82, 2.24) is 0 Å². The fraction of sp³-hybridized carbons (Fsp3) is 0.650. The summed E-state index contributed by atoms with van der Waals surface area (Å²) in [6.45, 7) is 0.526. The average molecular weight is 889 g/mol. The number of aliphatic hydroxyl groups is 12. The fourth-order valence-corrected chi connectivity index (χ4v) is 7.07. The summed E-state index contributed by atoms with van der Waals surface area (Å²) < 4.78 is 44.7. The van der Waals surface area contributed by atoms with Crippen molar-refractivity contribution in [3.63, 3.8) is 0 Å². The van der Waals surface area contributed by atoms with Crippen LogP contribution < -0.4 is 9.47 Å². The van der Waals surface area contributed by atoms with Crippen molar-refractivity contribution >= 4 is 11.9 Å². The average Bonchev–Trinajstić information content (AvgIpc) is 3.25. The summed E-state index contributed by atoms with van der Waals surface area (Å²) in [4.78, 5) is 27.7. The molecular formula is C40H56O22. The largest absolute Gasteiger partial charge is 0.462 e. The molecule has 5 rings (SSSR count). The summed E-state index contributed by atoms with van der Waals surface area (Å²) in [6.07, 6.45) is -25.0. The zero-order valence-electron chi connectivity index (χ0n) is 33.8. The Hall–Kier alpha value is -3.66. The van der Waals surface area contributed by atoms with Gasteiger partial charge in [0.2, 0.25) is 12.6 Å². The van der Waals surface area contributed by atoms with E-state index in [1.165, 1.54) is 48.5 Å². The van der Waals surface area contributed by atoms with E-state index in [4.69, 9.17) is 37.9 Å². The molecule has 0 bridgehead atoms. The van der Waals surface area contributed by atoms with E-state index in [0.29, 0.717) is 11.1 Å². The van der Waals surface area contributed by atoms with Gasteiger partial charge in [0, 0.05) is 0 Å². The van der Waals surface area contributed by atoms with Crippen LogP contribution in [-0.4, -0.2) is 191 Å². The molecule has 16 atom stereocenters. The molecule has 3 saturated heterocycles. The van der Waals surface area contributed by atoms with Gasteiger partial charge < -0.3 is 99.2 Å². The van der Waals surface area contributed by atoms with Gasteiger partial charge in [-0.3, -0.25) is 4.79 Å². The SMILES string of the molecule is CC(C)CC(CC(=O)OCc1ccc(OC2OC(CO)C(O)C(O)C2O)cc1)(OC1OC(CO)C(O)C(O)C1O)C(=O)OCc1ccc(OC2OC(CO)C(O)C(O)C2O)cc1. The molecule has 0 saturated carbocycles. The molecule has 16 unspecified atom stereocenters. The molecule has 3 aliphatic heterocycles. The molecule has 22 heteroatoms. The molecule has 2 aromatic carbocycles.